The van der Waals surface area contributed by atoms with Gasteiger partial charge in [-0.1, -0.05) is 23.7 Å². The summed E-state index contributed by atoms with van der Waals surface area (Å²) < 4.78 is 207. The van der Waals surface area contributed by atoms with Gasteiger partial charge in [-0.3, -0.25) is 28.7 Å². The molecule has 0 saturated heterocycles. The van der Waals surface area contributed by atoms with Gasteiger partial charge >= 0.3 is 26.5 Å². The number of ether oxygens (including phenoxy) is 1. The Morgan fingerprint density at radius 3 is 2.16 bits per heavy atom. The van der Waals surface area contributed by atoms with Crippen molar-refractivity contribution in [1.29, 1.82) is 0 Å². The molecule has 2 aliphatic carbocycles. The van der Waals surface area contributed by atoms with Crippen LogP contribution in [0.25, 0.3) is 22.0 Å². The summed E-state index contributed by atoms with van der Waals surface area (Å²) in [5, 5.41) is 8.45. The van der Waals surface area contributed by atoms with Crippen LogP contribution in [0, 0.1) is 17.6 Å². The van der Waals surface area contributed by atoms with Crippen molar-refractivity contribution in [1.82, 2.24) is 29.9 Å². The van der Waals surface area contributed by atoms with Crippen molar-refractivity contribution in [2.45, 2.75) is 100 Å². The van der Waals surface area contributed by atoms with Crippen molar-refractivity contribution >= 4 is 74.1 Å². The fraction of sp³-hybridized carbons (Fsp3) is 0.455. The maximum absolute atomic E-state index is 15.6. The molecule has 0 spiro atoms. The Kier molecular flexibility index (Phi) is 16.1. The minimum Gasteiger partial charge on any atom is -0.434 e. The number of esters is 1. The summed E-state index contributed by atoms with van der Waals surface area (Å²) >= 11 is 6.62. The first-order valence-corrected chi connectivity index (χ1v) is 28.1. The number of aromatic nitrogens is 5. The molecular weight excluding hydrogens is 1140 g/mol. The smallest absolute Gasteiger partial charge is 0.434 e. The van der Waals surface area contributed by atoms with Crippen LogP contribution in [0.1, 0.15) is 85.4 Å². The van der Waals surface area contributed by atoms with Crippen LogP contribution in [0.4, 0.5) is 49.7 Å². The van der Waals surface area contributed by atoms with Gasteiger partial charge in [0.05, 0.1) is 45.1 Å². The Bertz CT molecular complexity index is 3390. The van der Waals surface area contributed by atoms with Gasteiger partial charge in [-0.05, 0) is 75.3 Å². The Balaban J connectivity index is 1.42. The van der Waals surface area contributed by atoms with Gasteiger partial charge < -0.3 is 10.1 Å². The molecule has 2 aliphatic rings. The number of nitrogens with zero attached hydrogens (tertiary/aromatic N) is 6. The second-order valence-electron chi connectivity index (χ2n) is 18.8. The molecule has 19 nitrogen and oxygen atoms in total. The molecule has 5 aromatic rings. The summed E-state index contributed by atoms with van der Waals surface area (Å²) in [7, 11) is -13.6. The van der Waals surface area contributed by atoms with E-state index in [4.69, 9.17) is 26.3 Å². The Morgan fingerprint density at radius 2 is 1.57 bits per heavy atom. The van der Waals surface area contributed by atoms with E-state index in [1.54, 1.807) is 0 Å². The highest BCUT2D eigenvalue weighted by Crippen LogP contribution is 2.68. The van der Waals surface area contributed by atoms with E-state index in [2.05, 4.69) is 29.8 Å². The number of aryl methyl sites for hydroxylation is 1. The van der Waals surface area contributed by atoms with E-state index < -0.39 is 187 Å². The number of benzene rings is 2. The number of anilines is 1. The number of pyridine rings is 1. The summed E-state index contributed by atoms with van der Waals surface area (Å²) in [5.41, 5.74) is -5.73. The van der Waals surface area contributed by atoms with Crippen LogP contribution in [0.2, 0.25) is 5.02 Å². The van der Waals surface area contributed by atoms with Crippen LogP contribution < -0.4 is 9.62 Å². The summed E-state index contributed by atoms with van der Waals surface area (Å²) in [5.74, 6) is -14.2. The van der Waals surface area contributed by atoms with E-state index in [0.717, 1.165) is 30.5 Å². The monoisotopic (exact) mass is 1180 g/mol. The minimum absolute atomic E-state index is 0.00225. The topological polar surface area (TPSA) is 262 Å². The van der Waals surface area contributed by atoms with Crippen molar-refractivity contribution in [3.8, 4) is 11.1 Å². The zero-order chi connectivity index (χ0) is 57.3. The van der Waals surface area contributed by atoms with Crippen molar-refractivity contribution in [3.05, 3.63) is 93.0 Å². The molecule has 33 heteroatoms. The number of carbonyl (C=O) groups is 3. The highest BCUT2D eigenvalue weighted by atomic mass is 35.5. The summed E-state index contributed by atoms with van der Waals surface area (Å²) in [6.07, 6.45) is -12.5. The number of hydrogen-bond donors (Lipinski definition) is 4. The molecule has 0 bridgehead atoms. The Labute approximate surface area is 435 Å². The number of alkyl halides is 8. The molecule has 0 aliphatic heterocycles. The summed E-state index contributed by atoms with van der Waals surface area (Å²) in [6, 6.07) is 4.81. The molecule has 1 unspecified atom stereocenters. The Hall–Kier alpha value is -5.56. The third-order valence-corrected chi connectivity index (χ3v) is 16.7. The van der Waals surface area contributed by atoms with Crippen LogP contribution in [0.5, 0.6) is 0 Å². The second kappa shape index (κ2) is 20.9. The lowest BCUT2D eigenvalue weighted by atomic mass is 9.93. The van der Waals surface area contributed by atoms with Crippen molar-refractivity contribution in [2.24, 2.45) is 5.92 Å². The molecule has 2 aromatic carbocycles. The largest absolute Gasteiger partial charge is 0.570 e. The number of halogens is 11. The van der Waals surface area contributed by atoms with E-state index in [1.165, 1.54) is 26.0 Å². The lowest BCUT2D eigenvalue weighted by Gasteiger charge is -2.25. The molecule has 2 amide bonds. The van der Waals surface area contributed by atoms with E-state index in [9.17, 15) is 66.3 Å². The third-order valence-electron chi connectivity index (χ3n) is 12.7. The molecule has 420 valence electrons. The van der Waals surface area contributed by atoms with Gasteiger partial charge in [-0.15, -0.1) is 4.52 Å². The van der Waals surface area contributed by atoms with Crippen LogP contribution in [-0.2, 0) is 81.5 Å². The van der Waals surface area contributed by atoms with Gasteiger partial charge in [-0.25, -0.2) is 25.6 Å². The number of carbonyl (C=O) groups excluding carboxylic acids is 3. The first-order chi connectivity index (χ1) is 35.3. The van der Waals surface area contributed by atoms with Crippen LogP contribution in [0.3, 0.4) is 0 Å². The number of sulfonamides is 1. The van der Waals surface area contributed by atoms with Gasteiger partial charge in [0.25, 0.3) is 5.92 Å². The van der Waals surface area contributed by atoms with Gasteiger partial charge in [-0.2, -0.15) is 64.3 Å². The van der Waals surface area contributed by atoms with E-state index in [0.29, 0.717) is 12.3 Å². The fourth-order valence-electron chi connectivity index (χ4n) is 8.82. The number of hydrogen-bond acceptors (Lipinski definition) is 15. The molecule has 0 radical (unpaired) electrons. The lowest BCUT2D eigenvalue weighted by Crippen LogP contribution is -2.37. The van der Waals surface area contributed by atoms with E-state index in [-0.39, 0.29) is 49.8 Å². The van der Waals surface area contributed by atoms with Crippen LogP contribution in [0.15, 0.2) is 42.5 Å². The fourth-order valence-corrected chi connectivity index (χ4v) is 10.6. The normalized spacial score (nSPS) is 17.0. The minimum atomic E-state index is -5.24. The maximum Gasteiger partial charge on any atom is 0.570 e. The molecule has 77 heavy (non-hydrogen) atoms. The summed E-state index contributed by atoms with van der Waals surface area (Å²) in [4.78, 5) is 71.8. The molecular formula is C44H44ClF10N7O12PS2+. The average molecular weight is 1180 g/mol. The molecule has 3 heterocycles. The molecule has 7 rings (SSSR count). The number of sulfone groups is 1. The predicted octanol–water partition coefficient (Wildman–Crippen LogP) is 7.12. The zero-order valence-corrected chi connectivity index (χ0v) is 43.5. The van der Waals surface area contributed by atoms with Crippen molar-refractivity contribution in [2.75, 3.05) is 23.6 Å². The molecule has 4 N–H and O–H groups in total. The number of nitrogens with one attached hydrogen (secondary N) is 1. The first-order valence-electron chi connectivity index (χ1n) is 22.4. The molecule has 1 saturated carbocycles. The van der Waals surface area contributed by atoms with Gasteiger partial charge in [0.1, 0.15) is 30.4 Å². The highest BCUT2D eigenvalue weighted by Gasteiger charge is 2.68. The SMILES string of the molecule is CC(C)(CCc1ccc(-c2ccc(Cl)c3c(N(C(=O)CCC(=O)OCO[P+](O)(O)O)S(C)(=O)=O)nn(CC(F)(F)F)c23)c([C@H](Cc2cc(F)cc(F)c2)NC(=O)Cn2nc(C(F)(F)F)c3c2C(F)(F)C2C[C@H]32)n1)S(C)(=O)=O. The average Bonchev–Trinajstić information content (AvgIpc) is 3.82. The Morgan fingerprint density at radius 1 is 0.935 bits per heavy atom. The first kappa shape index (κ1) is 59.1. The van der Waals surface area contributed by atoms with Gasteiger partial charge in [0.2, 0.25) is 28.6 Å². The zero-order valence-electron chi connectivity index (χ0n) is 40.3. The van der Waals surface area contributed by atoms with E-state index >= 15 is 8.78 Å². The highest BCUT2D eigenvalue weighted by molar-refractivity contribution is 7.93. The summed E-state index contributed by atoms with van der Waals surface area (Å²) in [6.45, 7) is -1.86. The van der Waals surface area contributed by atoms with Gasteiger partial charge in [0, 0.05) is 47.0 Å². The van der Waals surface area contributed by atoms with Crippen LogP contribution >= 0.6 is 19.8 Å². The second-order valence-corrected chi connectivity index (χ2v) is 25.0. The molecule has 3 atom stereocenters. The predicted molar refractivity (Wildman–Crippen MR) is 251 cm³/mol. The number of amides is 2. The maximum atomic E-state index is 15.6. The van der Waals surface area contributed by atoms with Crippen LogP contribution in [-0.4, -0.2) is 104 Å². The number of fused-ring (bicyclic) bond motifs is 4. The lowest BCUT2D eigenvalue weighted by molar-refractivity contribution is -0.152. The standard InChI is InChI=1S/C44H43ClF10N7O12PS2/c1-41(2,76(3,69)70)12-11-24-5-6-25(26-7-8-29(45)35-37(26)61(19-42(48,49)50)59-40(35)62(77(4,71)72)32(64)9-10-33(65)73-20-74-75(66,67)68)36(56-24)30(15-21-13-22(46)16-23(47)14-21)57-31(63)18-60-39-34(38(58-60)44(53,54)55)27-17-28(27)43(39,51)52/h5-8,13-14,16,27-28,30,66-68H,9-12,15,17-20H2,1-4H3/p+1/t27-,28?,30-/m0/s1. The third kappa shape index (κ3) is 13.1. The van der Waals surface area contributed by atoms with E-state index in [1.807, 2.05) is 0 Å². The molecule has 3 aromatic heterocycles. The quantitative estimate of drug-likeness (QED) is 0.0262. The van der Waals surface area contributed by atoms with Gasteiger partial charge in [0.15, 0.2) is 21.3 Å². The number of rotatable bonds is 20. The van der Waals surface area contributed by atoms with Crippen molar-refractivity contribution in [3.63, 3.8) is 0 Å². The molecule has 1 fully saturated rings. The van der Waals surface area contributed by atoms with Crippen molar-refractivity contribution < 1.29 is 99.1 Å².